The van der Waals surface area contributed by atoms with Crippen LogP contribution in [0.4, 0.5) is 0 Å². The number of ketones is 1. The topological polar surface area (TPSA) is 56.8 Å². The number of carbonyl (C=O) groups is 1. The molecule has 2 heterocycles. The molecule has 3 rings (SSSR count). The Hall–Kier alpha value is -1.59. The number of fused-ring (bicyclic) bond motifs is 1. The van der Waals surface area contributed by atoms with Crippen LogP contribution in [0.3, 0.4) is 0 Å². The predicted octanol–water partition coefficient (Wildman–Crippen LogP) is 1.26. The van der Waals surface area contributed by atoms with Crippen molar-refractivity contribution in [1.29, 1.82) is 0 Å². The van der Waals surface area contributed by atoms with Crippen molar-refractivity contribution in [3.63, 3.8) is 0 Å². The smallest absolute Gasteiger partial charge is 0.170 e. The molecule has 5 nitrogen and oxygen atoms in total. The first-order valence-electron chi connectivity index (χ1n) is 7.04. The molecule has 5 heteroatoms. The number of hydrogen-bond acceptors (Lipinski definition) is 5. The van der Waals surface area contributed by atoms with Crippen LogP contribution in [0, 0.1) is 5.92 Å². The van der Waals surface area contributed by atoms with E-state index in [9.17, 15) is 4.79 Å². The van der Waals surface area contributed by atoms with E-state index in [0.29, 0.717) is 43.5 Å². The molecule has 2 atom stereocenters. The second kappa shape index (κ2) is 5.81. The first-order valence-corrected chi connectivity index (χ1v) is 7.04. The van der Waals surface area contributed by atoms with Crippen molar-refractivity contribution >= 4 is 5.78 Å². The van der Waals surface area contributed by atoms with Gasteiger partial charge in [0.1, 0.15) is 13.2 Å². The molecule has 2 aliphatic heterocycles. The van der Waals surface area contributed by atoms with Gasteiger partial charge in [0.15, 0.2) is 17.3 Å². The minimum absolute atomic E-state index is 0.0979. The van der Waals surface area contributed by atoms with E-state index in [2.05, 4.69) is 5.32 Å². The molecule has 0 spiro atoms. The van der Waals surface area contributed by atoms with Gasteiger partial charge in [0.25, 0.3) is 0 Å². The van der Waals surface area contributed by atoms with Crippen LogP contribution in [0.25, 0.3) is 0 Å². The monoisotopic (exact) mass is 277 g/mol. The van der Waals surface area contributed by atoms with Crippen LogP contribution in [0.15, 0.2) is 18.2 Å². The van der Waals surface area contributed by atoms with Gasteiger partial charge in [0.2, 0.25) is 0 Å². The van der Waals surface area contributed by atoms with Crippen molar-refractivity contribution in [1.82, 2.24) is 5.32 Å². The van der Waals surface area contributed by atoms with E-state index in [0.717, 1.165) is 6.54 Å². The van der Waals surface area contributed by atoms with Crippen LogP contribution in [0.1, 0.15) is 17.3 Å². The molecule has 0 bridgehead atoms. The summed E-state index contributed by atoms with van der Waals surface area (Å²) in [6, 6.07) is 5.48. The van der Waals surface area contributed by atoms with Gasteiger partial charge in [0.05, 0.1) is 19.1 Å². The highest BCUT2D eigenvalue weighted by Crippen LogP contribution is 2.32. The zero-order chi connectivity index (χ0) is 13.9. The Balaban J connectivity index is 1.79. The maximum atomic E-state index is 12.6. The fourth-order valence-corrected chi connectivity index (χ4v) is 2.69. The molecule has 0 aromatic heterocycles. The third kappa shape index (κ3) is 2.51. The first kappa shape index (κ1) is 13.4. The summed E-state index contributed by atoms with van der Waals surface area (Å²) >= 11 is 0. The summed E-state index contributed by atoms with van der Waals surface area (Å²) in [7, 11) is 0. The average Bonchev–Trinajstić information content (AvgIpc) is 2.94. The minimum atomic E-state index is -0.127. The normalized spacial score (nSPS) is 24.6. The van der Waals surface area contributed by atoms with Gasteiger partial charge in [-0.25, -0.2) is 0 Å². The molecule has 0 amide bonds. The summed E-state index contributed by atoms with van der Waals surface area (Å²) in [6.45, 7) is 5.01. The van der Waals surface area contributed by atoms with Gasteiger partial charge in [0, 0.05) is 11.6 Å². The van der Waals surface area contributed by atoms with Crippen LogP contribution in [0.2, 0.25) is 0 Å². The van der Waals surface area contributed by atoms with Gasteiger partial charge in [-0.15, -0.1) is 0 Å². The van der Waals surface area contributed by atoms with Crippen molar-refractivity contribution in [2.24, 2.45) is 5.92 Å². The molecule has 2 unspecified atom stereocenters. The minimum Gasteiger partial charge on any atom is -0.486 e. The summed E-state index contributed by atoms with van der Waals surface area (Å²) in [4.78, 5) is 12.6. The maximum Gasteiger partial charge on any atom is 0.170 e. The highest BCUT2D eigenvalue weighted by molar-refractivity contribution is 5.99. The van der Waals surface area contributed by atoms with Gasteiger partial charge in [-0.1, -0.05) is 6.92 Å². The molecule has 1 N–H and O–H groups in total. The van der Waals surface area contributed by atoms with E-state index >= 15 is 0 Å². The third-order valence-corrected chi connectivity index (χ3v) is 3.71. The zero-order valence-electron chi connectivity index (χ0n) is 11.6. The Kier molecular flexibility index (Phi) is 3.89. The molecule has 1 aromatic carbocycles. The van der Waals surface area contributed by atoms with Gasteiger partial charge < -0.3 is 19.5 Å². The fraction of sp³-hybridized carbons (Fsp3) is 0.533. The lowest BCUT2D eigenvalue weighted by molar-refractivity contribution is 0.0890. The summed E-state index contributed by atoms with van der Waals surface area (Å²) in [5.41, 5.74) is 0.660. The van der Waals surface area contributed by atoms with Crippen LogP contribution in [-0.2, 0) is 4.74 Å². The zero-order valence-corrected chi connectivity index (χ0v) is 11.6. The van der Waals surface area contributed by atoms with Gasteiger partial charge in [-0.2, -0.15) is 0 Å². The largest absolute Gasteiger partial charge is 0.486 e. The highest BCUT2D eigenvalue weighted by Gasteiger charge is 2.34. The number of hydrogen-bond donors (Lipinski definition) is 1. The quantitative estimate of drug-likeness (QED) is 0.840. The molecule has 1 saturated heterocycles. The van der Waals surface area contributed by atoms with Crippen molar-refractivity contribution in [2.75, 3.05) is 33.0 Å². The van der Waals surface area contributed by atoms with Crippen LogP contribution >= 0.6 is 0 Å². The molecule has 0 radical (unpaired) electrons. The average molecular weight is 277 g/mol. The fourth-order valence-electron chi connectivity index (χ4n) is 2.69. The molecule has 20 heavy (non-hydrogen) atoms. The highest BCUT2D eigenvalue weighted by atomic mass is 16.6. The Morgan fingerprint density at radius 3 is 2.85 bits per heavy atom. The lowest BCUT2D eigenvalue weighted by Gasteiger charge is -2.20. The standard InChI is InChI=1S/C15H19NO4/c1-2-16-12-9-18-8-11(12)15(17)10-3-4-13-14(7-10)20-6-5-19-13/h3-4,7,11-12,16H,2,5-6,8-9H2,1H3. The molecule has 0 saturated carbocycles. The molecule has 1 fully saturated rings. The van der Waals surface area contributed by atoms with Crippen molar-refractivity contribution < 1.29 is 19.0 Å². The Bertz CT molecular complexity index is 503. The Morgan fingerprint density at radius 2 is 2.05 bits per heavy atom. The maximum absolute atomic E-state index is 12.6. The Labute approximate surface area is 118 Å². The number of rotatable bonds is 4. The lowest BCUT2D eigenvalue weighted by Crippen LogP contribution is -2.39. The van der Waals surface area contributed by atoms with Gasteiger partial charge in [-0.05, 0) is 24.7 Å². The number of nitrogens with one attached hydrogen (secondary N) is 1. The van der Waals surface area contributed by atoms with E-state index in [4.69, 9.17) is 14.2 Å². The van der Waals surface area contributed by atoms with Gasteiger partial charge in [-0.3, -0.25) is 4.79 Å². The lowest BCUT2D eigenvalue weighted by atomic mass is 9.93. The predicted molar refractivity (Wildman–Crippen MR) is 73.5 cm³/mol. The molecule has 1 aromatic rings. The van der Waals surface area contributed by atoms with Crippen molar-refractivity contribution in [3.8, 4) is 11.5 Å². The second-order valence-corrected chi connectivity index (χ2v) is 5.03. The molecule has 108 valence electrons. The second-order valence-electron chi connectivity index (χ2n) is 5.03. The number of Topliss-reactive ketones (excluding diaryl/α,β-unsaturated/α-hetero) is 1. The first-order chi connectivity index (χ1) is 9.79. The molecular formula is C15H19NO4. The van der Waals surface area contributed by atoms with E-state index in [1.54, 1.807) is 18.2 Å². The molecule has 0 aliphatic carbocycles. The van der Waals surface area contributed by atoms with E-state index in [1.807, 2.05) is 6.92 Å². The number of likely N-dealkylation sites (N-methyl/N-ethyl adjacent to an activating group) is 1. The summed E-state index contributed by atoms with van der Waals surface area (Å²) < 4.78 is 16.4. The SMILES string of the molecule is CCNC1COCC1C(=O)c1ccc2c(c1)OCCO2. The summed E-state index contributed by atoms with van der Waals surface area (Å²) in [5.74, 6) is 1.34. The van der Waals surface area contributed by atoms with Gasteiger partial charge >= 0.3 is 0 Å². The summed E-state index contributed by atoms with van der Waals surface area (Å²) in [5, 5.41) is 3.31. The number of benzene rings is 1. The van der Waals surface area contributed by atoms with Crippen LogP contribution in [0.5, 0.6) is 11.5 Å². The van der Waals surface area contributed by atoms with Crippen LogP contribution < -0.4 is 14.8 Å². The van der Waals surface area contributed by atoms with Crippen LogP contribution in [-0.4, -0.2) is 44.8 Å². The molecular weight excluding hydrogens is 258 g/mol. The van der Waals surface area contributed by atoms with E-state index < -0.39 is 0 Å². The number of ether oxygens (including phenoxy) is 3. The Morgan fingerprint density at radius 1 is 1.25 bits per heavy atom. The van der Waals surface area contributed by atoms with E-state index in [1.165, 1.54) is 0 Å². The van der Waals surface area contributed by atoms with Crippen molar-refractivity contribution in [2.45, 2.75) is 13.0 Å². The third-order valence-electron chi connectivity index (χ3n) is 3.71. The molecule has 2 aliphatic rings. The number of carbonyl (C=O) groups excluding carboxylic acids is 1. The van der Waals surface area contributed by atoms with Crippen molar-refractivity contribution in [3.05, 3.63) is 23.8 Å². The summed E-state index contributed by atoms with van der Waals surface area (Å²) in [6.07, 6.45) is 0. The van der Waals surface area contributed by atoms with E-state index in [-0.39, 0.29) is 17.7 Å².